The maximum atomic E-state index is 13.6. The third-order valence-corrected chi connectivity index (χ3v) is 7.04. The number of H-pyrrole nitrogens is 1. The van der Waals surface area contributed by atoms with Crippen molar-refractivity contribution < 1.29 is 14.3 Å². The molecule has 1 aromatic heterocycles. The lowest BCUT2D eigenvalue weighted by Gasteiger charge is -2.20. The number of carbonyl (C=O) groups excluding carboxylic acids is 2. The Morgan fingerprint density at radius 3 is 2.02 bits per heavy atom. The van der Waals surface area contributed by atoms with Crippen molar-refractivity contribution in [2.45, 2.75) is 73.0 Å². The number of hydrogen-bond acceptors (Lipinski definition) is 4. The van der Waals surface area contributed by atoms with Crippen LogP contribution in [0.1, 0.15) is 66.4 Å². The molecule has 0 radical (unpaired) electrons. The van der Waals surface area contributed by atoms with E-state index in [1.807, 2.05) is 20.8 Å². The van der Waals surface area contributed by atoms with Crippen LogP contribution in [0.2, 0.25) is 0 Å². The second kappa shape index (κ2) is 12.8. The lowest BCUT2D eigenvalue weighted by Crippen LogP contribution is -2.38. The first-order valence-corrected chi connectivity index (χ1v) is 14.6. The maximum Gasteiger partial charge on any atom is 0.407 e. The molecule has 42 heavy (non-hydrogen) atoms. The predicted molar refractivity (Wildman–Crippen MR) is 172 cm³/mol. The summed E-state index contributed by atoms with van der Waals surface area (Å²) < 4.78 is 5.26. The largest absolute Gasteiger partial charge is 0.444 e. The fourth-order valence-electron chi connectivity index (χ4n) is 5.39. The van der Waals surface area contributed by atoms with Crippen LogP contribution >= 0.6 is 0 Å². The average Bonchev–Trinajstić information content (AvgIpc) is 3.26. The second-order valence-electron chi connectivity index (χ2n) is 12.4. The molecule has 0 saturated heterocycles. The molecule has 7 heteroatoms. The van der Waals surface area contributed by atoms with E-state index in [4.69, 9.17) is 10.5 Å². The van der Waals surface area contributed by atoms with E-state index in [9.17, 15) is 9.59 Å². The zero-order valence-corrected chi connectivity index (χ0v) is 25.9. The van der Waals surface area contributed by atoms with Crippen molar-refractivity contribution in [2.24, 2.45) is 5.73 Å². The van der Waals surface area contributed by atoms with Crippen molar-refractivity contribution >= 4 is 22.9 Å². The molecule has 222 valence electrons. The Hall–Kier alpha value is -4.10. The van der Waals surface area contributed by atoms with E-state index in [0.717, 1.165) is 44.3 Å². The number of alkyl carbamates (subject to hydrolysis) is 1. The standard InChI is InChI=1S/C35H44N4O3/c1-21-13-22(2)16-26(15-21)25-10-11-30-29(19-25)31(27-17-23(3)14-24(4)18-27)32(39-30)33(40)38-20-28(36)9-8-12-37-34(41)42-35(5,6)7/h10-11,13-19,28,39H,8-9,12,20,36H2,1-7H3,(H,37,41)(H,38,40)/t28-/m0/s1. The lowest BCUT2D eigenvalue weighted by atomic mass is 9.95. The van der Waals surface area contributed by atoms with Crippen molar-refractivity contribution in [2.75, 3.05) is 13.1 Å². The Balaban J connectivity index is 1.55. The Morgan fingerprint density at radius 1 is 0.833 bits per heavy atom. The number of aromatic amines is 1. The fourth-order valence-corrected chi connectivity index (χ4v) is 5.39. The molecule has 2 amide bonds. The third kappa shape index (κ3) is 8.01. The van der Waals surface area contributed by atoms with E-state index >= 15 is 0 Å². The van der Waals surface area contributed by atoms with E-state index in [1.165, 1.54) is 11.1 Å². The van der Waals surface area contributed by atoms with Gasteiger partial charge in [-0.2, -0.15) is 0 Å². The van der Waals surface area contributed by atoms with Gasteiger partial charge in [-0.1, -0.05) is 64.7 Å². The van der Waals surface area contributed by atoms with Crippen LogP contribution in [-0.4, -0.2) is 41.7 Å². The predicted octanol–water partition coefficient (Wildman–Crippen LogP) is 7.10. The summed E-state index contributed by atoms with van der Waals surface area (Å²) in [6.07, 6.45) is 0.881. The Bertz CT molecular complexity index is 1560. The number of rotatable bonds is 9. The molecule has 4 aromatic rings. The molecule has 7 nitrogen and oxygen atoms in total. The van der Waals surface area contributed by atoms with Crippen LogP contribution in [0.5, 0.6) is 0 Å². The average molecular weight is 569 g/mol. The number of aromatic nitrogens is 1. The van der Waals surface area contributed by atoms with Crippen LogP contribution in [0.4, 0.5) is 4.79 Å². The number of carbonyl (C=O) groups is 2. The fraction of sp³-hybridized carbons (Fsp3) is 0.371. The van der Waals surface area contributed by atoms with E-state index in [0.29, 0.717) is 31.6 Å². The zero-order chi connectivity index (χ0) is 30.6. The van der Waals surface area contributed by atoms with Gasteiger partial charge in [-0.05, 0) is 90.1 Å². The molecule has 0 aliphatic heterocycles. The van der Waals surface area contributed by atoms with Crippen LogP contribution in [0, 0.1) is 27.7 Å². The molecule has 0 aliphatic carbocycles. The minimum Gasteiger partial charge on any atom is -0.444 e. The number of amides is 2. The van der Waals surface area contributed by atoms with Crippen molar-refractivity contribution in [1.29, 1.82) is 0 Å². The van der Waals surface area contributed by atoms with E-state index in [2.05, 4.69) is 97.9 Å². The van der Waals surface area contributed by atoms with Gasteiger partial charge in [0.1, 0.15) is 11.3 Å². The minimum absolute atomic E-state index is 0.198. The normalized spacial score (nSPS) is 12.3. The lowest BCUT2D eigenvalue weighted by molar-refractivity contribution is 0.0526. The van der Waals surface area contributed by atoms with Crippen LogP contribution in [0.3, 0.4) is 0 Å². The first-order valence-electron chi connectivity index (χ1n) is 14.6. The van der Waals surface area contributed by atoms with E-state index in [1.54, 1.807) is 0 Å². The van der Waals surface area contributed by atoms with Crippen molar-refractivity contribution in [3.05, 3.63) is 82.5 Å². The number of fused-ring (bicyclic) bond motifs is 1. The summed E-state index contributed by atoms with van der Waals surface area (Å²) in [5.74, 6) is -0.198. The number of aryl methyl sites for hydroxylation is 4. The van der Waals surface area contributed by atoms with Crippen molar-refractivity contribution in [3.8, 4) is 22.3 Å². The first-order chi connectivity index (χ1) is 19.8. The van der Waals surface area contributed by atoms with E-state index in [-0.39, 0.29) is 11.9 Å². The Kier molecular flexibility index (Phi) is 9.42. The molecule has 5 N–H and O–H groups in total. The number of ether oxygens (including phenoxy) is 1. The third-order valence-electron chi connectivity index (χ3n) is 7.04. The van der Waals surface area contributed by atoms with Gasteiger partial charge in [0.2, 0.25) is 0 Å². The van der Waals surface area contributed by atoms with E-state index < -0.39 is 11.7 Å². The van der Waals surface area contributed by atoms with Gasteiger partial charge in [0.05, 0.1) is 0 Å². The molecule has 0 aliphatic rings. The monoisotopic (exact) mass is 568 g/mol. The van der Waals surface area contributed by atoms with Gasteiger partial charge < -0.3 is 26.1 Å². The molecule has 0 fully saturated rings. The molecule has 0 saturated carbocycles. The number of hydrogen-bond donors (Lipinski definition) is 4. The highest BCUT2D eigenvalue weighted by Crippen LogP contribution is 2.36. The van der Waals surface area contributed by atoms with Crippen LogP contribution in [0.15, 0.2) is 54.6 Å². The summed E-state index contributed by atoms with van der Waals surface area (Å²) in [6, 6.07) is 19.0. The van der Waals surface area contributed by atoms with Gasteiger partial charge in [-0.3, -0.25) is 4.79 Å². The zero-order valence-electron chi connectivity index (χ0n) is 25.9. The topological polar surface area (TPSA) is 109 Å². The van der Waals surface area contributed by atoms with Gasteiger partial charge in [-0.25, -0.2) is 4.79 Å². The number of benzene rings is 3. The molecular weight excluding hydrogens is 524 g/mol. The van der Waals surface area contributed by atoms with Gasteiger partial charge >= 0.3 is 6.09 Å². The molecule has 0 unspecified atom stereocenters. The van der Waals surface area contributed by atoms with Crippen LogP contribution in [0.25, 0.3) is 33.2 Å². The van der Waals surface area contributed by atoms with Gasteiger partial charge in [-0.15, -0.1) is 0 Å². The van der Waals surface area contributed by atoms with Gasteiger partial charge in [0.15, 0.2) is 0 Å². The number of nitrogens with one attached hydrogen (secondary N) is 3. The molecule has 4 rings (SSSR count). The molecular formula is C35H44N4O3. The highest BCUT2D eigenvalue weighted by atomic mass is 16.6. The molecule has 1 atom stereocenters. The molecule has 1 heterocycles. The van der Waals surface area contributed by atoms with Crippen molar-refractivity contribution in [3.63, 3.8) is 0 Å². The Labute approximate surface area is 249 Å². The summed E-state index contributed by atoms with van der Waals surface area (Å²) in [5.41, 5.74) is 16.1. The van der Waals surface area contributed by atoms with Crippen LogP contribution < -0.4 is 16.4 Å². The first kappa shape index (κ1) is 30.8. The molecule has 3 aromatic carbocycles. The summed E-state index contributed by atoms with van der Waals surface area (Å²) in [6.45, 7) is 14.6. The SMILES string of the molecule is Cc1cc(C)cc(-c2ccc3[nH]c(C(=O)NC[C@@H](N)CCCNC(=O)OC(C)(C)C)c(-c4cc(C)cc(C)c4)c3c2)c1. The summed E-state index contributed by atoms with van der Waals surface area (Å²) in [5, 5.41) is 6.78. The summed E-state index contributed by atoms with van der Waals surface area (Å²) in [7, 11) is 0. The molecule has 0 bridgehead atoms. The smallest absolute Gasteiger partial charge is 0.407 e. The quantitative estimate of drug-likeness (QED) is 0.162. The van der Waals surface area contributed by atoms with Crippen LogP contribution in [-0.2, 0) is 4.74 Å². The van der Waals surface area contributed by atoms with Gasteiger partial charge in [0.25, 0.3) is 5.91 Å². The highest BCUT2D eigenvalue weighted by molar-refractivity contribution is 6.10. The number of nitrogens with two attached hydrogens (primary N) is 1. The maximum absolute atomic E-state index is 13.6. The summed E-state index contributed by atoms with van der Waals surface area (Å²) >= 11 is 0. The Morgan fingerprint density at radius 2 is 1.43 bits per heavy atom. The highest BCUT2D eigenvalue weighted by Gasteiger charge is 2.21. The summed E-state index contributed by atoms with van der Waals surface area (Å²) in [4.78, 5) is 28.8. The second-order valence-corrected chi connectivity index (χ2v) is 12.4. The minimum atomic E-state index is -0.537. The van der Waals surface area contributed by atoms with Gasteiger partial charge in [0, 0.05) is 35.6 Å². The molecule has 0 spiro atoms. The van der Waals surface area contributed by atoms with Crippen molar-refractivity contribution in [1.82, 2.24) is 15.6 Å².